The van der Waals surface area contributed by atoms with Gasteiger partial charge < -0.3 is 14.7 Å². The molecule has 0 fully saturated rings. The van der Waals surface area contributed by atoms with Gasteiger partial charge in [0.25, 0.3) is 0 Å². The first-order chi connectivity index (χ1) is 40.2. The summed E-state index contributed by atoms with van der Waals surface area (Å²) in [6.45, 7) is 0. The van der Waals surface area contributed by atoms with Crippen LogP contribution in [0.5, 0.6) is 0 Å². The molecule has 0 amide bonds. The number of fused-ring (bicyclic) bond motifs is 14. The van der Waals surface area contributed by atoms with E-state index in [-0.39, 0.29) is 0 Å². The molecule has 0 saturated heterocycles. The summed E-state index contributed by atoms with van der Waals surface area (Å²) in [5, 5.41) is 0. The average molecular weight is 1030 g/mol. The zero-order valence-electron chi connectivity index (χ0n) is 44.5. The van der Waals surface area contributed by atoms with Crippen molar-refractivity contribution in [3.05, 3.63) is 309 Å². The zero-order valence-corrected chi connectivity index (χ0v) is 44.5. The molecule has 0 atom stereocenters. The molecule has 0 radical (unpaired) electrons. The summed E-state index contributed by atoms with van der Waals surface area (Å²) in [4.78, 5) is 7.35. The van der Waals surface area contributed by atoms with E-state index < -0.39 is 0 Å². The Morgan fingerprint density at radius 2 is 0.481 bits per heavy atom. The molecule has 0 spiro atoms. The molecular weight excluding hydrogens is 979 g/mol. The lowest BCUT2D eigenvalue weighted by Gasteiger charge is -2.29. The first kappa shape index (κ1) is 46.6. The molecule has 0 N–H and O–H groups in total. The van der Waals surface area contributed by atoms with Gasteiger partial charge in [-0.2, -0.15) is 0 Å². The normalized spacial score (nSPS) is 13.4. The minimum absolute atomic E-state index is 1.00. The molecule has 81 heavy (non-hydrogen) atoms. The number of hydrogen-bond donors (Lipinski definition) is 0. The second-order valence-corrected chi connectivity index (χ2v) is 21.5. The van der Waals surface area contributed by atoms with Crippen LogP contribution in [0.3, 0.4) is 0 Å². The fourth-order valence-electron chi connectivity index (χ4n) is 13.3. The summed E-state index contributed by atoms with van der Waals surface area (Å²) in [5.74, 6) is 0. The predicted molar refractivity (Wildman–Crippen MR) is 340 cm³/mol. The van der Waals surface area contributed by atoms with E-state index in [1.54, 1.807) is 0 Å². The van der Waals surface area contributed by atoms with E-state index in [9.17, 15) is 0 Å². The lowest BCUT2D eigenvalue weighted by atomic mass is 9.90. The highest BCUT2D eigenvalue weighted by Gasteiger charge is 2.30. The van der Waals surface area contributed by atoms with Crippen molar-refractivity contribution in [3.8, 4) is 89.0 Å². The standard InChI is InChI=1S/C78H53N3/c1-2-20-62-61(19-1)67-25-7-13-31-73(67)79(74-32-14-8-26-68(62)74)58-43-37-52(38-44-58)55-49-56(53-39-45-59(46-40-53)80-75-33-15-9-27-69(75)63-21-3-4-22-64(63)70-28-10-16-34-76(70)80)51-57(50-55)54-41-47-60(48-42-54)81-77-35-17-11-29-71(77)65-23-5-6-24-66(65)72-30-12-18-36-78(72)81/h1-11,13-29,31-51H,12,30H2. The molecule has 12 aromatic carbocycles. The SMILES string of the molecule is C1=CC2=C(CC1)c1ccccc1-c1ccccc1N2c1ccc(-c2cc(-c3ccc(N4c5ccccc5-c5ccccc5-c5ccccc54)cc3)cc(-c3ccc(N4c5ccccc5-c5ccccc5-c5ccccc54)cc3)c2)cc1. The van der Waals surface area contributed by atoms with Crippen LogP contribution in [0.15, 0.2) is 303 Å². The van der Waals surface area contributed by atoms with E-state index >= 15 is 0 Å². The van der Waals surface area contributed by atoms with Crippen molar-refractivity contribution in [1.29, 1.82) is 0 Å². The molecular formula is C78H53N3. The van der Waals surface area contributed by atoms with Crippen LogP contribution in [0.4, 0.5) is 45.5 Å². The Hall–Kier alpha value is -10.5. The van der Waals surface area contributed by atoms with Crippen molar-refractivity contribution in [3.63, 3.8) is 0 Å². The highest BCUT2D eigenvalue weighted by atomic mass is 15.2. The van der Waals surface area contributed by atoms with Crippen LogP contribution < -0.4 is 14.7 Å². The number of rotatable bonds is 6. The Bertz CT molecular complexity index is 4190. The maximum absolute atomic E-state index is 2.48. The van der Waals surface area contributed by atoms with Crippen LogP contribution in [-0.2, 0) is 0 Å². The maximum atomic E-state index is 2.48. The molecule has 0 aromatic heterocycles. The van der Waals surface area contributed by atoms with Gasteiger partial charge in [-0.3, -0.25) is 0 Å². The molecule has 1 aliphatic carbocycles. The van der Waals surface area contributed by atoms with Gasteiger partial charge in [0.05, 0.1) is 28.4 Å². The van der Waals surface area contributed by atoms with Crippen molar-refractivity contribution in [2.75, 3.05) is 14.7 Å². The van der Waals surface area contributed by atoms with Crippen molar-refractivity contribution < 1.29 is 0 Å². The third kappa shape index (κ3) is 7.73. The number of nitrogens with zero attached hydrogens (tertiary/aromatic N) is 3. The predicted octanol–water partition coefficient (Wildman–Crippen LogP) is 21.8. The van der Waals surface area contributed by atoms with Gasteiger partial charge in [-0.1, -0.05) is 206 Å². The van der Waals surface area contributed by atoms with Crippen LogP contribution in [-0.4, -0.2) is 0 Å². The van der Waals surface area contributed by atoms with E-state index in [1.165, 1.54) is 78.2 Å². The summed E-state index contributed by atoms with van der Waals surface area (Å²) in [6.07, 6.45) is 6.70. The highest BCUT2D eigenvalue weighted by Crippen LogP contribution is 2.54. The Morgan fingerprint density at radius 1 is 0.222 bits per heavy atom. The lowest BCUT2D eigenvalue weighted by Crippen LogP contribution is -2.17. The molecule has 4 aliphatic rings. The monoisotopic (exact) mass is 1030 g/mol. The van der Waals surface area contributed by atoms with E-state index in [0.29, 0.717) is 0 Å². The van der Waals surface area contributed by atoms with Gasteiger partial charge in [-0.25, -0.2) is 0 Å². The second kappa shape index (κ2) is 19.2. The number of benzene rings is 12. The first-order valence-corrected chi connectivity index (χ1v) is 28.2. The molecule has 12 aromatic rings. The largest absolute Gasteiger partial charge is 0.310 e. The summed E-state index contributed by atoms with van der Waals surface area (Å²) in [5.41, 5.74) is 32.5. The molecule has 3 heterocycles. The summed E-state index contributed by atoms with van der Waals surface area (Å²) in [6, 6.07) is 105. The average Bonchev–Trinajstić information content (AvgIpc) is 4.05. The van der Waals surface area contributed by atoms with Crippen LogP contribution >= 0.6 is 0 Å². The van der Waals surface area contributed by atoms with Gasteiger partial charge in [0.15, 0.2) is 0 Å². The van der Waals surface area contributed by atoms with Crippen molar-refractivity contribution in [1.82, 2.24) is 0 Å². The third-order valence-corrected chi connectivity index (χ3v) is 17.0. The van der Waals surface area contributed by atoms with Gasteiger partial charge in [0.2, 0.25) is 0 Å². The van der Waals surface area contributed by atoms with Gasteiger partial charge in [-0.15, -0.1) is 0 Å². The van der Waals surface area contributed by atoms with Gasteiger partial charge >= 0.3 is 0 Å². The number of anilines is 8. The topological polar surface area (TPSA) is 9.72 Å². The lowest BCUT2D eigenvalue weighted by molar-refractivity contribution is 1.02. The van der Waals surface area contributed by atoms with E-state index in [4.69, 9.17) is 0 Å². The molecule has 3 nitrogen and oxygen atoms in total. The fourth-order valence-corrected chi connectivity index (χ4v) is 13.3. The minimum Gasteiger partial charge on any atom is -0.310 e. The third-order valence-electron chi connectivity index (χ3n) is 17.0. The number of para-hydroxylation sites is 5. The van der Waals surface area contributed by atoms with Crippen LogP contribution in [0.1, 0.15) is 18.4 Å². The molecule has 0 bridgehead atoms. The zero-order chi connectivity index (χ0) is 53.4. The minimum atomic E-state index is 1.00. The Balaban J connectivity index is 0.818. The second-order valence-electron chi connectivity index (χ2n) is 21.5. The molecule has 3 heteroatoms. The van der Waals surface area contributed by atoms with Crippen molar-refractivity contribution in [2.45, 2.75) is 12.8 Å². The fraction of sp³-hybridized carbons (Fsp3) is 0.0256. The molecule has 380 valence electrons. The Morgan fingerprint density at radius 3 is 0.815 bits per heavy atom. The van der Waals surface area contributed by atoms with Gasteiger partial charge in [-0.05, 0) is 176 Å². The number of hydrogen-bond acceptors (Lipinski definition) is 3. The Kier molecular flexibility index (Phi) is 11.0. The van der Waals surface area contributed by atoms with Crippen LogP contribution in [0.25, 0.3) is 94.6 Å². The maximum Gasteiger partial charge on any atom is 0.0540 e. The van der Waals surface area contributed by atoms with Gasteiger partial charge in [0.1, 0.15) is 0 Å². The molecule has 0 saturated carbocycles. The van der Waals surface area contributed by atoms with E-state index in [2.05, 4.69) is 312 Å². The first-order valence-electron chi connectivity index (χ1n) is 28.2. The van der Waals surface area contributed by atoms with Gasteiger partial charge in [0, 0.05) is 50.6 Å². The number of allylic oxidation sites excluding steroid dienone is 3. The van der Waals surface area contributed by atoms with Crippen LogP contribution in [0, 0.1) is 0 Å². The van der Waals surface area contributed by atoms with Crippen molar-refractivity contribution >= 4 is 51.1 Å². The van der Waals surface area contributed by atoms with Crippen LogP contribution in [0.2, 0.25) is 0 Å². The van der Waals surface area contributed by atoms with E-state index in [1.807, 2.05) is 0 Å². The Labute approximate surface area is 473 Å². The molecule has 3 aliphatic heterocycles. The summed E-state index contributed by atoms with van der Waals surface area (Å²) >= 11 is 0. The van der Waals surface area contributed by atoms with E-state index in [0.717, 1.165) is 86.0 Å². The smallest absolute Gasteiger partial charge is 0.0540 e. The molecule has 0 unspecified atom stereocenters. The van der Waals surface area contributed by atoms with Crippen molar-refractivity contribution in [2.24, 2.45) is 0 Å². The highest BCUT2D eigenvalue weighted by molar-refractivity contribution is 6.05. The summed E-state index contributed by atoms with van der Waals surface area (Å²) < 4.78 is 0. The molecule has 16 rings (SSSR count). The summed E-state index contributed by atoms with van der Waals surface area (Å²) in [7, 11) is 0. The quantitative estimate of drug-likeness (QED) is 0.164.